The molecule has 236 valence electrons. The summed E-state index contributed by atoms with van der Waals surface area (Å²) in [5, 5.41) is 10.2. The van der Waals surface area contributed by atoms with Gasteiger partial charge in [0, 0.05) is 52.6 Å². The fourth-order valence-corrected chi connectivity index (χ4v) is 4.64. The number of aliphatic imine (C=N–C) groups is 6. The van der Waals surface area contributed by atoms with Crippen LogP contribution in [0.1, 0.15) is 79.1 Å². The summed E-state index contributed by atoms with van der Waals surface area (Å²) in [7, 11) is 1.87. The molecule has 0 saturated heterocycles. The topological polar surface area (TPSA) is 198 Å². The van der Waals surface area contributed by atoms with E-state index in [1.54, 1.807) is 4.90 Å². The molecular formula is C27H53N15. The van der Waals surface area contributed by atoms with Gasteiger partial charge in [0.25, 0.3) is 0 Å². The first-order valence-corrected chi connectivity index (χ1v) is 15.5. The smallest absolute Gasteiger partial charge is 0.202 e. The molecule has 0 amide bonds. The van der Waals surface area contributed by atoms with Gasteiger partial charge in [0.15, 0.2) is 17.9 Å². The van der Waals surface area contributed by atoms with E-state index < -0.39 is 0 Å². The molecule has 3 aliphatic rings. The van der Waals surface area contributed by atoms with Crippen molar-refractivity contribution in [2.75, 3.05) is 39.8 Å². The van der Waals surface area contributed by atoms with E-state index in [0.717, 1.165) is 57.0 Å². The molecule has 3 aliphatic heterocycles. The summed E-state index contributed by atoms with van der Waals surface area (Å²) in [6.07, 6.45) is 6.99. The number of hydrogen-bond acceptors (Lipinski definition) is 9. The molecular weight excluding hydrogens is 534 g/mol. The van der Waals surface area contributed by atoms with E-state index in [2.05, 4.69) is 51.7 Å². The van der Waals surface area contributed by atoms with Gasteiger partial charge in [-0.3, -0.25) is 29.7 Å². The third-order valence-electron chi connectivity index (χ3n) is 7.09. The van der Waals surface area contributed by atoms with E-state index in [9.17, 15) is 0 Å². The molecule has 3 unspecified atom stereocenters. The van der Waals surface area contributed by atoms with Crippen LogP contribution in [0.25, 0.3) is 0 Å². The van der Waals surface area contributed by atoms with Gasteiger partial charge in [-0.25, -0.2) is 15.0 Å². The van der Waals surface area contributed by atoms with E-state index >= 15 is 0 Å². The number of rotatable bonds is 15. The number of unbranched alkanes of at least 4 members (excludes halogenated alkanes) is 3. The maximum absolute atomic E-state index is 6.54. The number of nitrogens with two attached hydrogens (primary N) is 3. The second-order valence-electron chi connectivity index (χ2n) is 10.7. The summed E-state index contributed by atoms with van der Waals surface area (Å²) >= 11 is 0. The largest absolute Gasteiger partial charge is 0.369 e. The van der Waals surface area contributed by atoms with Crippen LogP contribution in [0.4, 0.5) is 0 Å². The van der Waals surface area contributed by atoms with Gasteiger partial charge in [-0.2, -0.15) is 0 Å². The minimum Gasteiger partial charge on any atom is -0.369 e. The van der Waals surface area contributed by atoms with Crippen LogP contribution in [0.2, 0.25) is 0 Å². The molecule has 3 atom stereocenters. The Morgan fingerprint density at radius 3 is 1.81 bits per heavy atom. The standard InChI is InChI=1S/C27H53N15/c1-6-9-11-16-32-25-38-20(36-22(28)40(25)5)12-18-42-24(30)37-21(39-27(42)33-15-10-7-2)13-17-41-23(29)34-19(4)35-26(41)31-14-8-3/h19-21H,6-18H2,1-5H3,(H2,28,36)(H2,29,34)(H2,30,37)(H,31,35)(H,32,38)(H,33,39). The Labute approximate surface area is 251 Å². The van der Waals surface area contributed by atoms with Gasteiger partial charge < -0.3 is 33.2 Å². The van der Waals surface area contributed by atoms with Crippen molar-refractivity contribution in [2.24, 2.45) is 47.2 Å². The van der Waals surface area contributed by atoms with Gasteiger partial charge in [-0.1, -0.05) is 40.0 Å². The molecule has 3 rings (SSSR count). The van der Waals surface area contributed by atoms with Crippen molar-refractivity contribution in [3.8, 4) is 0 Å². The number of nitrogens with zero attached hydrogens (tertiary/aromatic N) is 9. The zero-order chi connectivity index (χ0) is 30.5. The summed E-state index contributed by atoms with van der Waals surface area (Å²) in [5.74, 6) is 3.49. The quantitative estimate of drug-likeness (QED) is 0.148. The number of nitrogens with one attached hydrogen (secondary N) is 3. The van der Waals surface area contributed by atoms with Crippen LogP contribution in [0.5, 0.6) is 0 Å². The molecule has 0 aromatic carbocycles. The van der Waals surface area contributed by atoms with Gasteiger partial charge in [-0.05, 0) is 26.2 Å². The Morgan fingerprint density at radius 1 is 0.643 bits per heavy atom. The summed E-state index contributed by atoms with van der Waals surface area (Å²) in [6, 6.07) is 0. The molecule has 0 aromatic heterocycles. The Hall–Kier alpha value is -3.78. The van der Waals surface area contributed by atoms with E-state index in [-0.39, 0.29) is 18.5 Å². The lowest BCUT2D eigenvalue weighted by atomic mass is 10.2. The third-order valence-corrected chi connectivity index (χ3v) is 7.09. The lowest BCUT2D eigenvalue weighted by Gasteiger charge is -2.36. The summed E-state index contributed by atoms with van der Waals surface area (Å²) in [4.78, 5) is 33.7. The fraction of sp³-hybridized carbons (Fsp3) is 0.778. The highest BCUT2D eigenvalue weighted by Gasteiger charge is 2.29. The van der Waals surface area contributed by atoms with Crippen LogP contribution in [0.3, 0.4) is 0 Å². The second-order valence-corrected chi connectivity index (χ2v) is 10.7. The highest BCUT2D eigenvalue weighted by atomic mass is 15.5. The van der Waals surface area contributed by atoms with Gasteiger partial charge in [0.2, 0.25) is 17.9 Å². The fourth-order valence-electron chi connectivity index (χ4n) is 4.64. The monoisotopic (exact) mass is 587 g/mol. The first-order valence-electron chi connectivity index (χ1n) is 15.5. The molecule has 0 spiro atoms. The molecule has 15 nitrogen and oxygen atoms in total. The first kappa shape index (κ1) is 32.7. The lowest BCUT2D eigenvalue weighted by Crippen LogP contribution is -2.59. The summed E-state index contributed by atoms with van der Waals surface area (Å²) in [6.45, 7) is 11.7. The van der Waals surface area contributed by atoms with E-state index in [1.807, 2.05) is 23.8 Å². The minimum absolute atomic E-state index is 0.119. The first-order chi connectivity index (χ1) is 20.3. The van der Waals surface area contributed by atoms with E-state index in [1.165, 1.54) is 0 Å². The third kappa shape index (κ3) is 9.38. The van der Waals surface area contributed by atoms with Gasteiger partial charge in [0.1, 0.15) is 18.5 Å². The SMILES string of the molecule is CCCCCN=C1NC(CCN2C(N)=NC(CCN3C(N)=NC(C)NC3=NCCC)NC2=NCCCC)N=C(N)N1C. The molecule has 0 aliphatic carbocycles. The highest BCUT2D eigenvalue weighted by molar-refractivity contribution is 6.01. The zero-order valence-electron chi connectivity index (χ0n) is 26.2. The molecule has 0 bridgehead atoms. The molecule has 42 heavy (non-hydrogen) atoms. The molecule has 9 N–H and O–H groups in total. The Balaban J connectivity index is 1.69. The summed E-state index contributed by atoms with van der Waals surface area (Å²) in [5.41, 5.74) is 19.1. The van der Waals surface area contributed by atoms with Crippen molar-refractivity contribution in [3.05, 3.63) is 0 Å². The van der Waals surface area contributed by atoms with Gasteiger partial charge >= 0.3 is 0 Å². The van der Waals surface area contributed by atoms with Crippen molar-refractivity contribution in [1.82, 2.24) is 30.7 Å². The summed E-state index contributed by atoms with van der Waals surface area (Å²) < 4.78 is 0. The van der Waals surface area contributed by atoms with Crippen molar-refractivity contribution in [2.45, 2.75) is 97.6 Å². The minimum atomic E-state index is -0.266. The molecule has 0 aromatic rings. The van der Waals surface area contributed by atoms with Crippen molar-refractivity contribution in [3.63, 3.8) is 0 Å². The van der Waals surface area contributed by atoms with Crippen molar-refractivity contribution in [1.29, 1.82) is 0 Å². The van der Waals surface area contributed by atoms with Crippen molar-refractivity contribution < 1.29 is 0 Å². The normalized spacial score (nSPS) is 25.6. The van der Waals surface area contributed by atoms with E-state index in [0.29, 0.717) is 62.9 Å². The average Bonchev–Trinajstić information content (AvgIpc) is 2.95. The Bertz CT molecular complexity index is 1050. The van der Waals surface area contributed by atoms with Gasteiger partial charge in [0.05, 0.1) is 0 Å². The predicted octanol–water partition coefficient (Wildman–Crippen LogP) is 0.523. The Kier molecular flexibility index (Phi) is 12.9. The molecule has 0 radical (unpaired) electrons. The van der Waals surface area contributed by atoms with Crippen LogP contribution in [0.15, 0.2) is 30.0 Å². The molecule has 15 heteroatoms. The lowest BCUT2D eigenvalue weighted by molar-refractivity contribution is 0.410. The van der Waals surface area contributed by atoms with E-state index in [4.69, 9.17) is 32.2 Å². The molecule has 0 saturated carbocycles. The van der Waals surface area contributed by atoms with Crippen LogP contribution >= 0.6 is 0 Å². The molecule has 0 fully saturated rings. The van der Waals surface area contributed by atoms with Crippen LogP contribution in [0, 0.1) is 0 Å². The average molecular weight is 588 g/mol. The number of hydrogen-bond donors (Lipinski definition) is 6. The predicted molar refractivity (Wildman–Crippen MR) is 173 cm³/mol. The van der Waals surface area contributed by atoms with Crippen LogP contribution in [-0.2, 0) is 0 Å². The van der Waals surface area contributed by atoms with Crippen molar-refractivity contribution >= 4 is 35.8 Å². The highest BCUT2D eigenvalue weighted by Crippen LogP contribution is 2.12. The van der Waals surface area contributed by atoms with Crippen LogP contribution in [-0.4, -0.2) is 109 Å². The van der Waals surface area contributed by atoms with Gasteiger partial charge in [-0.15, -0.1) is 0 Å². The zero-order valence-corrected chi connectivity index (χ0v) is 26.2. The number of guanidine groups is 6. The Morgan fingerprint density at radius 2 is 1.17 bits per heavy atom. The van der Waals surface area contributed by atoms with Crippen LogP contribution < -0.4 is 33.2 Å². The maximum atomic E-state index is 6.54. The maximum Gasteiger partial charge on any atom is 0.202 e. The second kappa shape index (κ2) is 16.6. The molecule has 3 heterocycles.